The molecule has 0 bridgehead atoms. The van der Waals surface area contributed by atoms with Crippen molar-refractivity contribution in [2.75, 3.05) is 0 Å². The van der Waals surface area contributed by atoms with Crippen LogP contribution >= 0.6 is 0 Å². The average Bonchev–Trinajstić information content (AvgIpc) is 2.84. The summed E-state index contributed by atoms with van der Waals surface area (Å²) in [7, 11) is 0. The van der Waals surface area contributed by atoms with Gasteiger partial charge in [-0.15, -0.1) is 0 Å². The highest BCUT2D eigenvalue weighted by atomic mass is 16.1. The first-order valence-corrected chi connectivity index (χ1v) is 5.56. The number of nitrogens with one attached hydrogen (secondary N) is 3. The summed E-state index contributed by atoms with van der Waals surface area (Å²) >= 11 is 0. The summed E-state index contributed by atoms with van der Waals surface area (Å²) in [6.45, 7) is 2.18. The number of hydrogen-bond donors (Lipinski definition) is 3. The van der Waals surface area contributed by atoms with Crippen LogP contribution in [-0.2, 0) is 0 Å². The van der Waals surface area contributed by atoms with Gasteiger partial charge in [-0.3, -0.25) is 4.79 Å². The zero-order chi connectivity index (χ0) is 11.1. The number of fused-ring (bicyclic) bond motifs is 1. The van der Waals surface area contributed by atoms with Crippen molar-refractivity contribution in [3.8, 4) is 0 Å². The molecule has 84 valence electrons. The van der Waals surface area contributed by atoms with E-state index in [9.17, 15) is 4.79 Å². The molecule has 0 aromatic carbocycles. The first-order chi connectivity index (χ1) is 7.75. The maximum Gasteiger partial charge on any atom is 0.275 e. The lowest BCUT2D eigenvalue weighted by Gasteiger charge is -2.09. The maximum absolute atomic E-state index is 11.5. The highest BCUT2D eigenvalue weighted by Crippen LogP contribution is 2.29. The Kier molecular flexibility index (Phi) is 2.07. The first kappa shape index (κ1) is 9.59. The normalized spacial score (nSPS) is 25.3. The molecule has 0 aliphatic carbocycles. The van der Waals surface area contributed by atoms with Gasteiger partial charge in [0.15, 0.2) is 0 Å². The third kappa shape index (κ3) is 1.36. The molecular weight excluding hydrogens is 204 g/mol. The van der Waals surface area contributed by atoms with Crippen molar-refractivity contribution in [3.05, 3.63) is 28.4 Å². The Labute approximate surface area is 92.3 Å². The Balaban J connectivity index is 2.11. The average molecular weight is 218 g/mol. The van der Waals surface area contributed by atoms with E-state index < -0.39 is 0 Å². The lowest BCUT2D eigenvalue weighted by molar-refractivity contribution is 0.587. The molecule has 5 heteroatoms. The molecule has 3 heterocycles. The standard InChI is InChI=1S/C11H14N4O/c1-6-2-3-8(15-6)7-4-12-10-9(7)13-5-14-11(10)16/h4-6,8,12,15H,2-3H2,1H3,(H,13,14,16). The Morgan fingerprint density at radius 2 is 2.25 bits per heavy atom. The molecule has 2 unspecified atom stereocenters. The smallest absolute Gasteiger partial charge is 0.275 e. The van der Waals surface area contributed by atoms with Gasteiger partial charge >= 0.3 is 0 Å². The molecule has 16 heavy (non-hydrogen) atoms. The van der Waals surface area contributed by atoms with E-state index in [1.165, 1.54) is 12.7 Å². The number of hydrogen-bond acceptors (Lipinski definition) is 3. The van der Waals surface area contributed by atoms with Gasteiger partial charge in [0, 0.05) is 23.8 Å². The number of rotatable bonds is 1. The molecule has 2 aromatic heterocycles. The van der Waals surface area contributed by atoms with E-state index in [2.05, 4.69) is 27.2 Å². The fourth-order valence-electron chi connectivity index (χ4n) is 2.41. The van der Waals surface area contributed by atoms with Crippen LogP contribution in [0.3, 0.4) is 0 Å². The van der Waals surface area contributed by atoms with E-state index in [4.69, 9.17) is 0 Å². The Morgan fingerprint density at radius 1 is 1.38 bits per heavy atom. The third-order valence-corrected chi connectivity index (χ3v) is 3.25. The van der Waals surface area contributed by atoms with E-state index in [-0.39, 0.29) is 5.56 Å². The largest absolute Gasteiger partial charge is 0.355 e. The zero-order valence-corrected chi connectivity index (χ0v) is 9.08. The van der Waals surface area contributed by atoms with Crippen LogP contribution in [0.15, 0.2) is 17.3 Å². The molecule has 2 aromatic rings. The molecular formula is C11H14N4O. The van der Waals surface area contributed by atoms with Gasteiger partial charge in [0.1, 0.15) is 11.0 Å². The van der Waals surface area contributed by atoms with Gasteiger partial charge in [0.2, 0.25) is 0 Å². The molecule has 3 N–H and O–H groups in total. The van der Waals surface area contributed by atoms with E-state index in [1.807, 2.05) is 6.20 Å². The SMILES string of the molecule is CC1CCC(c2c[nH]c3c(=O)[nH]cnc23)N1. The van der Waals surface area contributed by atoms with Crippen molar-refractivity contribution in [3.63, 3.8) is 0 Å². The molecule has 0 radical (unpaired) electrons. The van der Waals surface area contributed by atoms with Crippen LogP contribution in [0.4, 0.5) is 0 Å². The van der Waals surface area contributed by atoms with Gasteiger partial charge < -0.3 is 15.3 Å². The molecule has 1 fully saturated rings. The third-order valence-electron chi connectivity index (χ3n) is 3.25. The van der Waals surface area contributed by atoms with Crippen molar-refractivity contribution in [1.29, 1.82) is 0 Å². The van der Waals surface area contributed by atoms with Gasteiger partial charge in [-0.2, -0.15) is 0 Å². The summed E-state index contributed by atoms with van der Waals surface area (Å²) in [5.41, 5.74) is 2.35. The van der Waals surface area contributed by atoms with Crippen LogP contribution in [0.2, 0.25) is 0 Å². The number of aromatic amines is 2. The van der Waals surface area contributed by atoms with Gasteiger partial charge in [0.05, 0.1) is 6.33 Å². The Hall–Kier alpha value is -1.62. The topological polar surface area (TPSA) is 73.6 Å². The highest BCUT2D eigenvalue weighted by molar-refractivity contribution is 5.78. The van der Waals surface area contributed by atoms with Crippen molar-refractivity contribution in [2.24, 2.45) is 0 Å². The van der Waals surface area contributed by atoms with E-state index in [0.717, 1.165) is 17.5 Å². The minimum Gasteiger partial charge on any atom is -0.355 e. The van der Waals surface area contributed by atoms with Crippen LogP contribution in [0.5, 0.6) is 0 Å². The number of nitrogens with zero attached hydrogens (tertiary/aromatic N) is 1. The summed E-state index contributed by atoms with van der Waals surface area (Å²) in [5.74, 6) is 0. The molecule has 2 atom stereocenters. The molecule has 0 amide bonds. The monoisotopic (exact) mass is 218 g/mol. The zero-order valence-electron chi connectivity index (χ0n) is 9.08. The van der Waals surface area contributed by atoms with E-state index in [1.54, 1.807) is 0 Å². The predicted octanol–water partition coefficient (Wildman–Crippen LogP) is 1.06. The molecule has 3 rings (SSSR count). The second-order valence-electron chi connectivity index (χ2n) is 4.40. The molecule has 1 aliphatic rings. The fourth-order valence-corrected chi connectivity index (χ4v) is 2.41. The maximum atomic E-state index is 11.5. The van der Waals surface area contributed by atoms with E-state index >= 15 is 0 Å². The summed E-state index contributed by atoms with van der Waals surface area (Å²) in [6.07, 6.45) is 5.62. The first-order valence-electron chi connectivity index (χ1n) is 5.56. The van der Waals surface area contributed by atoms with Crippen molar-refractivity contribution in [1.82, 2.24) is 20.3 Å². The van der Waals surface area contributed by atoms with Crippen molar-refractivity contribution in [2.45, 2.75) is 31.8 Å². The number of H-pyrrole nitrogens is 2. The molecule has 1 aliphatic heterocycles. The van der Waals surface area contributed by atoms with Crippen LogP contribution in [0, 0.1) is 0 Å². The predicted molar refractivity (Wildman–Crippen MR) is 61.3 cm³/mol. The molecule has 5 nitrogen and oxygen atoms in total. The molecule has 1 saturated heterocycles. The summed E-state index contributed by atoms with van der Waals surface area (Å²) in [4.78, 5) is 21.3. The minimum absolute atomic E-state index is 0.109. The Morgan fingerprint density at radius 3 is 3.00 bits per heavy atom. The van der Waals surface area contributed by atoms with Gasteiger partial charge in [-0.1, -0.05) is 0 Å². The molecule has 0 spiro atoms. The van der Waals surface area contributed by atoms with Crippen LogP contribution in [-0.4, -0.2) is 21.0 Å². The second-order valence-corrected chi connectivity index (χ2v) is 4.40. The van der Waals surface area contributed by atoms with Gasteiger partial charge in [-0.25, -0.2) is 4.98 Å². The molecule has 0 saturated carbocycles. The van der Waals surface area contributed by atoms with Crippen LogP contribution in [0.25, 0.3) is 11.0 Å². The number of aromatic nitrogens is 3. The van der Waals surface area contributed by atoms with Gasteiger partial charge in [0.25, 0.3) is 5.56 Å². The Bertz CT molecular complexity index is 571. The van der Waals surface area contributed by atoms with Gasteiger partial charge in [-0.05, 0) is 19.8 Å². The minimum atomic E-state index is -0.109. The van der Waals surface area contributed by atoms with Crippen LogP contribution < -0.4 is 10.9 Å². The second kappa shape index (κ2) is 3.45. The lowest BCUT2D eigenvalue weighted by Crippen LogP contribution is -2.20. The summed E-state index contributed by atoms with van der Waals surface area (Å²) in [5, 5.41) is 3.50. The van der Waals surface area contributed by atoms with E-state index in [0.29, 0.717) is 17.6 Å². The lowest BCUT2D eigenvalue weighted by atomic mass is 10.1. The van der Waals surface area contributed by atoms with Crippen LogP contribution in [0.1, 0.15) is 31.4 Å². The van der Waals surface area contributed by atoms with Crippen molar-refractivity contribution >= 4 is 11.0 Å². The highest BCUT2D eigenvalue weighted by Gasteiger charge is 2.24. The fraction of sp³-hybridized carbons (Fsp3) is 0.455. The quantitative estimate of drug-likeness (QED) is 0.670. The van der Waals surface area contributed by atoms with Crippen molar-refractivity contribution < 1.29 is 0 Å². The summed E-state index contributed by atoms with van der Waals surface area (Å²) in [6, 6.07) is 0.856. The summed E-state index contributed by atoms with van der Waals surface area (Å²) < 4.78 is 0.